The van der Waals surface area contributed by atoms with E-state index in [-0.39, 0.29) is 0 Å². The molecule has 0 amide bonds. The highest BCUT2D eigenvalue weighted by Crippen LogP contribution is 2.07. The third-order valence-corrected chi connectivity index (χ3v) is 2.26. The quantitative estimate of drug-likeness (QED) is 0.420. The minimum atomic E-state index is 0.624. The van der Waals surface area contributed by atoms with E-state index >= 15 is 0 Å². The van der Waals surface area contributed by atoms with Crippen molar-refractivity contribution in [2.75, 3.05) is 6.54 Å². The number of allylic oxidation sites excluding steroid dienone is 2. The minimum absolute atomic E-state index is 0.624. The highest BCUT2D eigenvalue weighted by molar-refractivity contribution is 5.20. The van der Waals surface area contributed by atoms with E-state index in [2.05, 4.69) is 63.0 Å². The van der Waals surface area contributed by atoms with Crippen LogP contribution in [0, 0.1) is 6.92 Å². The van der Waals surface area contributed by atoms with E-state index in [0.29, 0.717) is 6.61 Å². The predicted octanol–water partition coefficient (Wildman–Crippen LogP) is 7.64. The summed E-state index contributed by atoms with van der Waals surface area (Å²) >= 11 is 0. The Morgan fingerprint density at radius 2 is 1.44 bits per heavy atom. The highest BCUT2D eigenvalue weighted by atomic mass is 16.5. The Hall–Kier alpha value is -1.70. The Bertz CT molecular complexity index is 366. The number of benzene rings is 1. The van der Waals surface area contributed by atoms with Crippen LogP contribution in [0.4, 0.5) is 0 Å². The molecule has 0 bridgehead atoms. The monoisotopic (exact) mass is 351 g/mol. The van der Waals surface area contributed by atoms with E-state index in [9.17, 15) is 0 Å². The van der Waals surface area contributed by atoms with E-state index in [1.807, 2.05) is 48.5 Å². The van der Waals surface area contributed by atoms with Gasteiger partial charge in [0.1, 0.15) is 6.61 Å². The Morgan fingerprint density at radius 3 is 1.80 bits per heavy atom. The molecule has 0 radical (unpaired) electrons. The third kappa shape index (κ3) is 24.7. The summed E-state index contributed by atoms with van der Waals surface area (Å²) in [4.78, 5) is 0. The predicted molar refractivity (Wildman–Crippen MR) is 118 cm³/mol. The zero-order chi connectivity index (χ0) is 20.5. The molecule has 148 valence electrons. The van der Waals surface area contributed by atoms with Crippen LogP contribution in [0.5, 0.6) is 0 Å². The van der Waals surface area contributed by atoms with Gasteiger partial charge in [0.05, 0.1) is 0 Å². The van der Waals surface area contributed by atoms with Crippen molar-refractivity contribution in [3.05, 3.63) is 60.0 Å². The average molecular weight is 352 g/mol. The zero-order valence-electron chi connectivity index (χ0n) is 18.7. The van der Waals surface area contributed by atoms with E-state index in [1.54, 1.807) is 6.08 Å². The van der Waals surface area contributed by atoms with Crippen LogP contribution in [0.15, 0.2) is 48.9 Å². The minimum Gasteiger partial charge on any atom is -0.475 e. The Morgan fingerprint density at radius 1 is 1.00 bits per heavy atom. The molecule has 1 aromatic rings. The standard InChI is InChI=1S/C14H21NO.C3H6.3C2H6/c1-4-6-14(15-5-2)16-11-13-9-7-12(3)8-10-13;1-3-2;3*1-2/h6-10,15H,4-5,11H2,1-3H3;3H,1H2,2H3;3*1-2H3/b14-6-;;;;. The first kappa shape index (κ1) is 31.1. The molecule has 0 heterocycles. The molecular formula is C23H45NO. The highest BCUT2D eigenvalue weighted by Gasteiger charge is 1.97. The van der Waals surface area contributed by atoms with Crippen molar-refractivity contribution in [2.24, 2.45) is 0 Å². The average Bonchev–Trinajstić information content (AvgIpc) is 2.67. The van der Waals surface area contributed by atoms with Gasteiger partial charge in [-0.1, -0.05) is 84.4 Å². The van der Waals surface area contributed by atoms with Crippen LogP contribution < -0.4 is 5.32 Å². The summed E-state index contributed by atoms with van der Waals surface area (Å²) in [6.45, 7) is 25.0. The summed E-state index contributed by atoms with van der Waals surface area (Å²) < 4.78 is 5.70. The van der Waals surface area contributed by atoms with Crippen molar-refractivity contribution in [3.8, 4) is 0 Å². The second-order valence-corrected chi connectivity index (χ2v) is 4.19. The zero-order valence-corrected chi connectivity index (χ0v) is 18.7. The summed E-state index contributed by atoms with van der Waals surface area (Å²) in [5, 5.41) is 3.20. The molecule has 1 N–H and O–H groups in total. The van der Waals surface area contributed by atoms with Gasteiger partial charge in [0, 0.05) is 6.54 Å². The third-order valence-electron chi connectivity index (χ3n) is 2.26. The fourth-order valence-electron chi connectivity index (χ4n) is 1.39. The largest absolute Gasteiger partial charge is 0.475 e. The van der Waals surface area contributed by atoms with Crippen LogP contribution in [-0.2, 0) is 11.3 Å². The fourth-order valence-corrected chi connectivity index (χ4v) is 1.39. The summed E-state index contributed by atoms with van der Waals surface area (Å²) in [7, 11) is 0. The van der Waals surface area contributed by atoms with Gasteiger partial charge in [-0.05, 0) is 38.8 Å². The maximum Gasteiger partial charge on any atom is 0.182 e. The summed E-state index contributed by atoms with van der Waals surface area (Å²) in [5.74, 6) is 0.880. The van der Waals surface area contributed by atoms with Gasteiger partial charge in [-0.2, -0.15) is 0 Å². The first-order valence-electron chi connectivity index (χ1n) is 9.87. The van der Waals surface area contributed by atoms with E-state index in [4.69, 9.17) is 4.74 Å². The van der Waals surface area contributed by atoms with Crippen molar-refractivity contribution in [1.29, 1.82) is 0 Å². The van der Waals surface area contributed by atoms with Gasteiger partial charge >= 0.3 is 0 Å². The molecule has 0 saturated carbocycles. The van der Waals surface area contributed by atoms with Gasteiger partial charge < -0.3 is 10.1 Å². The Kier molecular flexibility index (Phi) is 37.6. The van der Waals surface area contributed by atoms with Crippen LogP contribution in [0.2, 0.25) is 0 Å². The molecule has 0 spiro atoms. The molecule has 25 heavy (non-hydrogen) atoms. The van der Waals surface area contributed by atoms with Gasteiger partial charge in [0.2, 0.25) is 0 Å². The van der Waals surface area contributed by atoms with Crippen LogP contribution in [0.3, 0.4) is 0 Å². The van der Waals surface area contributed by atoms with Gasteiger partial charge in [-0.3, -0.25) is 0 Å². The summed E-state index contributed by atoms with van der Waals surface area (Å²) in [5.41, 5.74) is 2.48. The molecule has 2 heteroatoms. The molecule has 0 saturated heterocycles. The Balaban J connectivity index is -0.000000210. The molecule has 0 aromatic heterocycles. The molecule has 0 aliphatic carbocycles. The molecule has 1 aromatic carbocycles. The van der Waals surface area contributed by atoms with Gasteiger partial charge in [-0.25, -0.2) is 0 Å². The van der Waals surface area contributed by atoms with Gasteiger partial charge in [0.25, 0.3) is 0 Å². The molecular weight excluding hydrogens is 306 g/mol. The fraction of sp³-hybridized carbons (Fsp3) is 0.565. The lowest BCUT2D eigenvalue weighted by Crippen LogP contribution is -2.14. The molecule has 1 rings (SSSR count). The van der Waals surface area contributed by atoms with E-state index in [1.165, 1.54) is 11.1 Å². The maximum atomic E-state index is 5.70. The molecule has 0 unspecified atom stereocenters. The Labute approximate surface area is 159 Å². The number of rotatable bonds is 6. The summed E-state index contributed by atoms with van der Waals surface area (Å²) in [6, 6.07) is 8.42. The van der Waals surface area contributed by atoms with Gasteiger partial charge in [0.15, 0.2) is 5.88 Å². The van der Waals surface area contributed by atoms with E-state index in [0.717, 1.165) is 18.8 Å². The van der Waals surface area contributed by atoms with Crippen LogP contribution >= 0.6 is 0 Å². The molecule has 0 aliphatic rings. The van der Waals surface area contributed by atoms with Crippen molar-refractivity contribution in [1.82, 2.24) is 5.32 Å². The van der Waals surface area contributed by atoms with Crippen molar-refractivity contribution in [2.45, 2.75) is 82.3 Å². The first-order valence-corrected chi connectivity index (χ1v) is 9.87. The number of ether oxygens (including phenoxy) is 1. The van der Waals surface area contributed by atoms with Crippen molar-refractivity contribution < 1.29 is 4.74 Å². The second kappa shape index (κ2) is 30.2. The van der Waals surface area contributed by atoms with Crippen LogP contribution in [0.25, 0.3) is 0 Å². The van der Waals surface area contributed by atoms with Crippen molar-refractivity contribution in [3.63, 3.8) is 0 Å². The van der Waals surface area contributed by atoms with Crippen LogP contribution in [-0.4, -0.2) is 6.54 Å². The second-order valence-electron chi connectivity index (χ2n) is 4.19. The number of aryl methyl sites for hydroxylation is 1. The molecule has 0 atom stereocenters. The number of hydrogen-bond acceptors (Lipinski definition) is 2. The SMILES string of the molecule is C=CC.CC.CC.CC.CC/C=C(/NCC)OCc1ccc(C)cc1. The molecule has 2 nitrogen and oxygen atoms in total. The summed E-state index contributed by atoms with van der Waals surface area (Å²) in [6.07, 6.45) is 4.80. The van der Waals surface area contributed by atoms with Crippen LogP contribution in [0.1, 0.15) is 79.9 Å². The molecule has 0 aliphatic heterocycles. The number of nitrogens with one attached hydrogen (secondary N) is 1. The van der Waals surface area contributed by atoms with Gasteiger partial charge in [-0.15, -0.1) is 6.58 Å². The lowest BCUT2D eigenvalue weighted by molar-refractivity contribution is 0.177. The lowest BCUT2D eigenvalue weighted by Gasteiger charge is -2.11. The lowest BCUT2D eigenvalue weighted by atomic mass is 10.2. The first-order chi connectivity index (χ1) is 12.2. The topological polar surface area (TPSA) is 21.3 Å². The normalized spacial score (nSPS) is 8.48. The van der Waals surface area contributed by atoms with E-state index < -0.39 is 0 Å². The smallest absolute Gasteiger partial charge is 0.182 e. The maximum absolute atomic E-state index is 5.70. The van der Waals surface area contributed by atoms with Crippen molar-refractivity contribution >= 4 is 0 Å². The molecule has 0 fully saturated rings. The number of hydrogen-bond donors (Lipinski definition) is 1.